The Labute approximate surface area is 261 Å². The van der Waals surface area contributed by atoms with Crippen LogP contribution in [0.3, 0.4) is 0 Å². The minimum absolute atomic E-state index is 0.0141. The number of fused-ring (bicyclic) bond motifs is 3. The molecule has 0 saturated carbocycles. The van der Waals surface area contributed by atoms with E-state index in [1.165, 1.54) is 12.1 Å². The normalized spacial score (nSPS) is 26.6. The molecule has 8 nitrogen and oxygen atoms in total. The average Bonchev–Trinajstić information content (AvgIpc) is 3.55. The second kappa shape index (κ2) is 10.7. The monoisotopic (exact) mass is 614 g/mol. The number of hydrogen-bond donors (Lipinski definition) is 2. The Balaban J connectivity index is 1.27. The first-order chi connectivity index (χ1) is 21.8. The van der Waals surface area contributed by atoms with Gasteiger partial charge in [-0.05, 0) is 98.5 Å². The zero-order valence-electron chi connectivity index (χ0n) is 26.0. The van der Waals surface area contributed by atoms with E-state index < -0.39 is 5.82 Å². The number of aromatic nitrogens is 3. The number of aromatic hydroxyl groups is 1. The van der Waals surface area contributed by atoms with Crippen molar-refractivity contribution in [3.8, 4) is 23.0 Å². The van der Waals surface area contributed by atoms with Crippen molar-refractivity contribution in [3.63, 3.8) is 0 Å². The predicted octanol–water partition coefficient (Wildman–Crippen LogP) is 5.98. The van der Waals surface area contributed by atoms with Crippen molar-refractivity contribution in [1.82, 2.24) is 25.2 Å². The van der Waals surface area contributed by atoms with E-state index in [0.29, 0.717) is 52.0 Å². The smallest absolute Gasteiger partial charge is 0.319 e. The molecule has 8 rings (SSSR count). The van der Waals surface area contributed by atoms with Crippen molar-refractivity contribution in [2.75, 3.05) is 44.2 Å². The molecule has 6 heterocycles. The number of hydrogen-bond acceptors (Lipinski definition) is 8. The Bertz CT molecular complexity index is 1810. The average molecular weight is 615 g/mol. The van der Waals surface area contributed by atoms with Gasteiger partial charge in [0, 0.05) is 36.9 Å². The summed E-state index contributed by atoms with van der Waals surface area (Å²) in [7, 11) is 0. The fourth-order valence-electron chi connectivity index (χ4n) is 8.71. The second-order valence-electron chi connectivity index (χ2n) is 13.8. The van der Waals surface area contributed by atoms with E-state index in [0.717, 1.165) is 71.2 Å². The summed E-state index contributed by atoms with van der Waals surface area (Å²) in [6.07, 6.45) is 8.51. The van der Waals surface area contributed by atoms with Crippen LogP contribution < -0.4 is 15.0 Å². The molecule has 2 N–H and O–H groups in total. The molecule has 0 bridgehead atoms. The van der Waals surface area contributed by atoms with E-state index in [1.807, 2.05) is 6.92 Å². The van der Waals surface area contributed by atoms with Gasteiger partial charge in [0.05, 0.1) is 10.9 Å². The van der Waals surface area contributed by atoms with Gasteiger partial charge in [-0.25, -0.2) is 8.78 Å². The maximum absolute atomic E-state index is 16.9. The van der Waals surface area contributed by atoms with E-state index in [2.05, 4.69) is 27.0 Å². The molecule has 10 heteroatoms. The number of phenols is 1. The highest BCUT2D eigenvalue weighted by molar-refractivity contribution is 6.01. The van der Waals surface area contributed by atoms with Gasteiger partial charge in [0.2, 0.25) is 0 Å². The number of aryl methyl sites for hydroxylation is 1. The number of anilines is 1. The van der Waals surface area contributed by atoms with Crippen LogP contribution in [-0.2, 0) is 6.42 Å². The van der Waals surface area contributed by atoms with E-state index in [-0.39, 0.29) is 39.9 Å². The molecular formula is C35H40F2N6O2. The highest BCUT2D eigenvalue weighted by Gasteiger charge is 2.48. The molecule has 2 aromatic carbocycles. The van der Waals surface area contributed by atoms with Crippen molar-refractivity contribution >= 4 is 27.5 Å². The first-order valence-corrected chi connectivity index (χ1v) is 16.5. The summed E-state index contributed by atoms with van der Waals surface area (Å²) in [5, 5.41) is 15.9. The summed E-state index contributed by atoms with van der Waals surface area (Å²) in [5.74, 6) is 0.175. The van der Waals surface area contributed by atoms with Gasteiger partial charge in [-0.2, -0.15) is 9.97 Å². The van der Waals surface area contributed by atoms with Crippen LogP contribution in [0.25, 0.3) is 32.9 Å². The molecule has 0 radical (unpaired) electrons. The SMILES string of the molecule is CCc1c(F)ccc2cc(O)cc(-c3ncc4c(N5CCCC6(CCN6)C5)nc(OC[C@@]56CCCN5C[C@H](C)C6)nc4c3F)c12. The maximum atomic E-state index is 16.9. The summed E-state index contributed by atoms with van der Waals surface area (Å²) in [5.41, 5.74) is 0.931. The highest BCUT2D eigenvalue weighted by atomic mass is 19.1. The number of nitrogens with one attached hydrogen (secondary N) is 1. The Morgan fingerprint density at radius 3 is 2.76 bits per heavy atom. The van der Waals surface area contributed by atoms with Crippen LogP contribution in [0.1, 0.15) is 57.9 Å². The minimum atomic E-state index is -0.636. The number of piperidine rings is 1. The van der Waals surface area contributed by atoms with E-state index in [4.69, 9.17) is 14.7 Å². The number of ether oxygens (including phenoxy) is 1. The van der Waals surface area contributed by atoms with Gasteiger partial charge in [0.1, 0.15) is 35.2 Å². The summed E-state index contributed by atoms with van der Waals surface area (Å²) >= 11 is 0. The minimum Gasteiger partial charge on any atom is -0.508 e. The van der Waals surface area contributed by atoms with Gasteiger partial charge in [0.15, 0.2) is 5.82 Å². The molecule has 0 aliphatic carbocycles. The third kappa shape index (κ3) is 4.71. The number of phenolic OH excluding ortho intramolecular Hbond substituents is 1. The largest absolute Gasteiger partial charge is 0.508 e. The van der Waals surface area contributed by atoms with Crippen molar-refractivity contribution in [3.05, 3.63) is 47.7 Å². The van der Waals surface area contributed by atoms with Crippen LogP contribution in [-0.4, -0.2) is 75.4 Å². The van der Waals surface area contributed by atoms with Gasteiger partial charge in [-0.3, -0.25) is 9.88 Å². The van der Waals surface area contributed by atoms with Crippen molar-refractivity contribution < 1.29 is 18.6 Å². The molecular weight excluding hydrogens is 574 g/mol. The molecule has 4 fully saturated rings. The van der Waals surface area contributed by atoms with Crippen LogP contribution in [0.5, 0.6) is 11.8 Å². The lowest BCUT2D eigenvalue weighted by Gasteiger charge is -2.50. The summed E-state index contributed by atoms with van der Waals surface area (Å²) < 4.78 is 38.3. The molecule has 4 aliphatic rings. The van der Waals surface area contributed by atoms with Crippen molar-refractivity contribution in [1.29, 1.82) is 0 Å². The Morgan fingerprint density at radius 2 is 1.96 bits per heavy atom. The van der Waals surface area contributed by atoms with Crippen LogP contribution in [0.15, 0.2) is 30.5 Å². The molecule has 45 heavy (non-hydrogen) atoms. The molecule has 4 aromatic rings. The van der Waals surface area contributed by atoms with Gasteiger partial charge >= 0.3 is 6.01 Å². The number of nitrogens with zero attached hydrogens (tertiary/aromatic N) is 5. The molecule has 3 atom stereocenters. The van der Waals surface area contributed by atoms with Crippen LogP contribution in [0, 0.1) is 17.6 Å². The van der Waals surface area contributed by atoms with Crippen molar-refractivity contribution in [2.24, 2.45) is 5.92 Å². The first kappa shape index (κ1) is 28.8. The molecule has 236 valence electrons. The van der Waals surface area contributed by atoms with E-state index in [9.17, 15) is 9.50 Å². The van der Waals surface area contributed by atoms with Gasteiger partial charge in [0.25, 0.3) is 0 Å². The van der Waals surface area contributed by atoms with Crippen LogP contribution >= 0.6 is 0 Å². The first-order valence-electron chi connectivity index (χ1n) is 16.5. The number of rotatable bonds is 6. The topological polar surface area (TPSA) is 86.6 Å². The third-order valence-electron chi connectivity index (χ3n) is 10.9. The summed E-state index contributed by atoms with van der Waals surface area (Å²) in [6, 6.07) is 6.18. The molecule has 0 amide bonds. The molecule has 2 aromatic heterocycles. The molecule has 4 saturated heterocycles. The number of pyridine rings is 1. The second-order valence-corrected chi connectivity index (χ2v) is 13.8. The lowest BCUT2D eigenvalue weighted by molar-refractivity contribution is 0.107. The lowest BCUT2D eigenvalue weighted by atomic mass is 9.80. The van der Waals surface area contributed by atoms with Crippen molar-refractivity contribution in [2.45, 2.75) is 69.9 Å². The van der Waals surface area contributed by atoms with Crippen LogP contribution in [0.4, 0.5) is 14.6 Å². The zero-order valence-corrected chi connectivity index (χ0v) is 26.0. The van der Waals surface area contributed by atoms with Gasteiger partial charge in [-0.1, -0.05) is 19.9 Å². The predicted molar refractivity (Wildman–Crippen MR) is 171 cm³/mol. The Kier molecular flexibility index (Phi) is 6.87. The summed E-state index contributed by atoms with van der Waals surface area (Å²) in [6.45, 7) is 9.32. The third-order valence-corrected chi connectivity index (χ3v) is 10.9. The lowest BCUT2D eigenvalue weighted by Crippen LogP contribution is -2.65. The number of benzene rings is 2. The van der Waals surface area contributed by atoms with Gasteiger partial charge < -0.3 is 20.1 Å². The Hall–Kier alpha value is -3.63. The maximum Gasteiger partial charge on any atom is 0.319 e. The number of halogens is 2. The van der Waals surface area contributed by atoms with E-state index in [1.54, 1.807) is 18.3 Å². The Morgan fingerprint density at radius 1 is 1.11 bits per heavy atom. The fourth-order valence-corrected chi connectivity index (χ4v) is 8.71. The van der Waals surface area contributed by atoms with Crippen LogP contribution in [0.2, 0.25) is 0 Å². The molecule has 1 unspecified atom stereocenters. The van der Waals surface area contributed by atoms with Gasteiger partial charge in [-0.15, -0.1) is 0 Å². The standard InChI is InChI=1S/C35H40F2N6O2/c1-3-24-27(36)7-6-22-14-23(44)15-25(28(22)24)30-29(37)31-26(17-38-30)32(42-12-4-8-34(19-42)10-11-39-34)41-33(40-31)45-20-35-9-5-13-43(35)18-21(2)16-35/h6-7,14-15,17,21,39,44H,3-5,8-13,16,18-20H2,1-2H3/t21-,34?,35+/m1/s1. The molecule has 1 spiro atoms. The quantitative estimate of drug-likeness (QED) is 0.275. The highest BCUT2D eigenvalue weighted by Crippen LogP contribution is 2.43. The fraction of sp³-hybridized carbons (Fsp3) is 0.514. The van der Waals surface area contributed by atoms with E-state index >= 15 is 4.39 Å². The summed E-state index contributed by atoms with van der Waals surface area (Å²) in [4.78, 5) is 19.0. The molecule has 4 aliphatic heterocycles. The zero-order chi connectivity index (χ0) is 30.9.